The third-order valence-corrected chi connectivity index (χ3v) is 2.10. The van der Waals surface area contributed by atoms with Crippen molar-refractivity contribution in [2.75, 3.05) is 5.73 Å². The van der Waals surface area contributed by atoms with Crippen molar-refractivity contribution in [3.8, 4) is 11.8 Å². The Bertz CT molecular complexity index is 492. The molecule has 2 heterocycles. The Morgan fingerprint density at radius 3 is 3.29 bits per heavy atom. The van der Waals surface area contributed by atoms with Gasteiger partial charge in [0.05, 0.1) is 6.54 Å². The topological polar surface area (TPSA) is 78.9 Å². The molecule has 0 unspecified atom stereocenters. The minimum atomic E-state index is 0.419. The van der Waals surface area contributed by atoms with Gasteiger partial charge in [-0.1, -0.05) is 5.10 Å². The summed E-state index contributed by atoms with van der Waals surface area (Å²) in [6, 6.07) is 5.89. The molecule has 0 spiro atoms. The third kappa shape index (κ3) is 0.936. The van der Waals surface area contributed by atoms with Crippen LogP contribution in [0.5, 0.6) is 11.8 Å². The quantitative estimate of drug-likeness (QED) is 0.518. The lowest BCUT2D eigenvalue weighted by Gasteiger charge is -2.15. The summed E-state index contributed by atoms with van der Waals surface area (Å²) >= 11 is 0. The summed E-state index contributed by atoms with van der Waals surface area (Å²) in [4.78, 5) is 0. The Morgan fingerprint density at radius 2 is 2.36 bits per heavy atom. The van der Waals surface area contributed by atoms with Crippen molar-refractivity contribution in [1.29, 1.82) is 0 Å². The number of hydrogen-bond acceptors (Lipinski definition) is 5. The van der Waals surface area contributed by atoms with Crippen LogP contribution in [0.15, 0.2) is 18.2 Å². The fourth-order valence-corrected chi connectivity index (χ4v) is 1.45. The molecule has 0 bridgehead atoms. The first-order valence-corrected chi connectivity index (χ1v) is 4.15. The summed E-state index contributed by atoms with van der Waals surface area (Å²) < 4.78 is 7.03. The van der Waals surface area contributed by atoms with Crippen molar-refractivity contribution in [2.45, 2.75) is 6.54 Å². The van der Waals surface area contributed by atoms with Crippen LogP contribution in [0.25, 0.3) is 0 Å². The number of fused-ring (bicyclic) bond motifs is 2. The molecule has 14 heavy (non-hydrogen) atoms. The van der Waals surface area contributed by atoms with Gasteiger partial charge in [-0.2, -0.15) is 4.68 Å². The van der Waals surface area contributed by atoms with E-state index in [4.69, 9.17) is 10.5 Å². The molecule has 0 saturated carbocycles. The van der Waals surface area contributed by atoms with Crippen molar-refractivity contribution >= 4 is 5.69 Å². The van der Waals surface area contributed by atoms with Crippen LogP contribution >= 0.6 is 0 Å². The zero-order valence-corrected chi connectivity index (χ0v) is 7.21. The van der Waals surface area contributed by atoms with E-state index in [1.54, 1.807) is 10.7 Å². The van der Waals surface area contributed by atoms with Gasteiger partial charge in [-0.05, 0) is 28.6 Å². The van der Waals surface area contributed by atoms with Gasteiger partial charge in [-0.25, -0.2) is 0 Å². The predicted octanol–water partition coefficient (Wildman–Crippen LogP) is 0.409. The SMILES string of the molecule is Nc1ccc2c(c1)Cn1nnnc1O2. The zero-order chi connectivity index (χ0) is 9.54. The standard InChI is InChI=1S/C8H7N5O/c9-6-1-2-7-5(3-6)4-13-8(14-7)10-11-12-13/h1-3H,4,9H2. The van der Waals surface area contributed by atoms with Gasteiger partial charge in [0.25, 0.3) is 0 Å². The van der Waals surface area contributed by atoms with Crippen LogP contribution in [0.3, 0.4) is 0 Å². The van der Waals surface area contributed by atoms with Crippen LogP contribution in [-0.2, 0) is 6.54 Å². The van der Waals surface area contributed by atoms with Crippen molar-refractivity contribution in [1.82, 2.24) is 20.2 Å². The van der Waals surface area contributed by atoms with Gasteiger partial charge in [0, 0.05) is 11.3 Å². The van der Waals surface area contributed by atoms with Crippen LogP contribution in [0.4, 0.5) is 5.69 Å². The molecule has 6 heteroatoms. The summed E-state index contributed by atoms with van der Waals surface area (Å²) in [5.74, 6) is 0.765. The zero-order valence-electron chi connectivity index (χ0n) is 7.21. The second-order valence-electron chi connectivity index (χ2n) is 3.09. The van der Waals surface area contributed by atoms with Crippen LogP contribution in [0.2, 0.25) is 0 Å². The highest BCUT2D eigenvalue weighted by Gasteiger charge is 2.18. The number of ether oxygens (including phenoxy) is 1. The Kier molecular flexibility index (Phi) is 1.27. The maximum atomic E-state index is 5.66. The highest BCUT2D eigenvalue weighted by atomic mass is 16.5. The number of nitrogen functional groups attached to an aromatic ring is 1. The summed E-state index contributed by atoms with van der Waals surface area (Å²) in [6.45, 7) is 0.600. The lowest BCUT2D eigenvalue weighted by molar-refractivity contribution is 0.375. The number of hydrogen-bond donors (Lipinski definition) is 1. The fraction of sp³-hybridized carbons (Fsp3) is 0.125. The van der Waals surface area contributed by atoms with Gasteiger partial charge in [-0.3, -0.25) is 0 Å². The van der Waals surface area contributed by atoms with Gasteiger partial charge < -0.3 is 10.5 Å². The number of anilines is 1. The van der Waals surface area contributed by atoms with Crippen LogP contribution < -0.4 is 10.5 Å². The van der Waals surface area contributed by atoms with Gasteiger partial charge in [-0.15, -0.1) is 0 Å². The van der Waals surface area contributed by atoms with Crippen molar-refractivity contribution in [3.63, 3.8) is 0 Å². The lowest BCUT2D eigenvalue weighted by atomic mass is 10.1. The van der Waals surface area contributed by atoms with E-state index < -0.39 is 0 Å². The number of tetrazole rings is 1. The third-order valence-electron chi connectivity index (χ3n) is 2.10. The Labute approximate surface area is 79.3 Å². The largest absolute Gasteiger partial charge is 0.423 e. The number of aromatic nitrogens is 4. The van der Waals surface area contributed by atoms with Crippen LogP contribution in [0.1, 0.15) is 5.56 Å². The van der Waals surface area contributed by atoms with E-state index in [-0.39, 0.29) is 0 Å². The Balaban J connectivity index is 2.12. The Morgan fingerprint density at radius 1 is 1.43 bits per heavy atom. The molecule has 0 saturated heterocycles. The maximum Gasteiger partial charge on any atom is 0.341 e. The molecule has 0 radical (unpaired) electrons. The van der Waals surface area contributed by atoms with E-state index in [9.17, 15) is 0 Å². The predicted molar refractivity (Wildman–Crippen MR) is 47.8 cm³/mol. The summed E-state index contributed by atoms with van der Waals surface area (Å²) in [5, 5.41) is 11.0. The molecule has 2 aromatic rings. The number of nitrogens with zero attached hydrogens (tertiary/aromatic N) is 4. The summed E-state index contributed by atoms with van der Waals surface area (Å²) in [5.41, 5.74) is 7.36. The smallest absolute Gasteiger partial charge is 0.341 e. The number of nitrogens with two attached hydrogens (primary N) is 1. The first-order chi connectivity index (χ1) is 6.83. The van der Waals surface area contributed by atoms with E-state index in [1.807, 2.05) is 12.1 Å². The normalized spacial score (nSPS) is 12.9. The van der Waals surface area contributed by atoms with E-state index in [2.05, 4.69) is 15.5 Å². The molecule has 2 N–H and O–H groups in total. The molecule has 1 aromatic heterocycles. The van der Waals surface area contributed by atoms with Gasteiger partial charge in [0.1, 0.15) is 5.75 Å². The first kappa shape index (κ1) is 7.31. The second kappa shape index (κ2) is 2.44. The first-order valence-electron chi connectivity index (χ1n) is 4.15. The maximum absolute atomic E-state index is 5.66. The highest BCUT2D eigenvalue weighted by Crippen LogP contribution is 2.30. The van der Waals surface area contributed by atoms with Crippen LogP contribution in [0, 0.1) is 0 Å². The van der Waals surface area contributed by atoms with Crippen molar-refractivity contribution < 1.29 is 4.74 Å². The molecule has 0 fully saturated rings. The van der Waals surface area contributed by atoms with Gasteiger partial charge in [0.2, 0.25) is 0 Å². The summed E-state index contributed by atoms with van der Waals surface area (Å²) in [7, 11) is 0. The molecule has 3 rings (SSSR count). The highest BCUT2D eigenvalue weighted by molar-refractivity contribution is 5.49. The molecule has 0 amide bonds. The molecule has 0 atom stereocenters. The lowest BCUT2D eigenvalue weighted by Crippen LogP contribution is -2.11. The van der Waals surface area contributed by atoms with Gasteiger partial charge >= 0.3 is 6.01 Å². The minimum absolute atomic E-state index is 0.419. The Hall–Kier alpha value is -2.11. The second-order valence-corrected chi connectivity index (χ2v) is 3.09. The molecular weight excluding hydrogens is 182 g/mol. The van der Waals surface area contributed by atoms with Crippen LogP contribution in [-0.4, -0.2) is 20.2 Å². The molecule has 1 aromatic carbocycles. The molecule has 0 aliphatic carbocycles. The van der Waals surface area contributed by atoms with Crippen molar-refractivity contribution in [2.24, 2.45) is 0 Å². The molecule has 1 aliphatic heterocycles. The van der Waals surface area contributed by atoms with Crippen molar-refractivity contribution in [3.05, 3.63) is 23.8 Å². The van der Waals surface area contributed by atoms with E-state index >= 15 is 0 Å². The van der Waals surface area contributed by atoms with Gasteiger partial charge in [0.15, 0.2) is 0 Å². The molecule has 70 valence electrons. The number of benzene rings is 1. The number of rotatable bonds is 0. The van der Waals surface area contributed by atoms with E-state index in [0.29, 0.717) is 18.2 Å². The molecule has 1 aliphatic rings. The van der Waals surface area contributed by atoms with E-state index in [1.165, 1.54) is 0 Å². The fourth-order valence-electron chi connectivity index (χ4n) is 1.45. The van der Waals surface area contributed by atoms with E-state index in [0.717, 1.165) is 11.3 Å². The molecule has 6 nitrogen and oxygen atoms in total. The summed E-state index contributed by atoms with van der Waals surface area (Å²) in [6.07, 6.45) is 0. The average Bonchev–Trinajstić information content (AvgIpc) is 2.61. The monoisotopic (exact) mass is 189 g/mol. The molecular formula is C8H7N5O. The minimum Gasteiger partial charge on any atom is -0.423 e. The average molecular weight is 189 g/mol.